The molecule has 0 spiro atoms. The fourth-order valence-electron chi connectivity index (χ4n) is 2.55. The first-order valence-corrected chi connectivity index (χ1v) is 9.04. The number of thiazole rings is 2. The summed E-state index contributed by atoms with van der Waals surface area (Å²) in [6.45, 7) is 0. The van der Waals surface area contributed by atoms with E-state index in [2.05, 4.69) is 32.1 Å². The molecule has 6 heteroatoms. The summed E-state index contributed by atoms with van der Waals surface area (Å²) < 4.78 is 2.32. The van der Waals surface area contributed by atoms with Crippen LogP contribution in [0.25, 0.3) is 41.8 Å². The van der Waals surface area contributed by atoms with Gasteiger partial charge in [-0.05, 0) is 30.3 Å². The molecule has 24 heavy (non-hydrogen) atoms. The Labute approximate surface area is 145 Å². The minimum absolute atomic E-state index is 0.834. The Bertz CT molecular complexity index is 1020. The second kappa shape index (κ2) is 5.43. The fraction of sp³-hybridized carbons (Fsp3) is 0. The molecular formula is C18H10N4S2. The van der Waals surface area contributed by atoms with Crippen molar-refractivity contribution in [2.24, 2.45) is 0 Å². The summed E-state index contributed by atoms with van der Waals surface area (Å²) >= 11 is 3.28. The van der Waals surface area contributed by atoms with Gasteiger partial charge in [0.2, 0.25) is 0 Å². The van der Waals surface area contributed by atoms with Crippen molar-refractivity contribution in [1.29, 1.82) is 0 Å². The van der Waals surface area contributed by atoms with Gasteiger partial charge < -0.3 is 0 Å². The minimum atomic E-state index is 0.834. The number of aromatic nitrogens is 4. The summed E-state index contributed by atoms with van der Waals surface area (Å²) in [4.78, 5) is 18.1. The van der Waals surface area contributed by atoms with Crippen LogP contribution < -0.4 is 0 Å². The standard InChI is InChI=1S/C18H10N4S2/c1-3-7-15-11(5-1)21-17(23-15)13-9-14(20-10-19-13)18-22-12-6-2-4-8-16(12)24-18/h1-10H. The third-order valence-electron chi connectivity index (χ3n) is 3.69. The van der Waals surface area contributed by atoms with Gasteiger partial charge in [0.15, 0.2) is 0 Å². The van der Waals surface area contributed by atoms with Gasteiger partial charge >= 0.3 is 0 Å². The largest absolute Gasteiger partial charge is 0.234 e. The molecule has 0 bridgehead atoms. The van der Waals surface area contributed by atoms with Gasteiger partial charge in [0.1, 0.15) is 27.7 Å². The highest BCUT2D eigenvalue weighted by atomic mass is 32.1. The van der Waals surface area contributed by atoms with Crippen LogP contribution in [0.5, 0.6) is 0 Å². The lowest BCUT2D eigenvalue weighted by Gasteiger charge is -1.98. The maximum Gasteiger partial charge on any atom is 0.143 e. The molecule has 0 aliphatic heterocycles. The SMILES string of the molecule is c1ccc2sc(-c3cc(-c4nc5ccccc5s4)ncn3)nc2c1. The first kappa shape index (κ1) is 13.7. The smallest absolute Gasteiger partial charge is 0.143 e. The summed E-state index contributed by atoms with van der Waals surface area (Å²) in [6.07, 6.45) is 1.59. The number of para-hydroxylation sites is 2. The monoisotopic (exact) mass is 346 g/mol. The Morgan fingerprint density at radius 3 is 1.62 bits per heavy atom. The van der Waals surface area contributed by atoms with Crippen LogP contribution in [0.15, 0.2) is 60.9 Å². The molecule has 2 aromatic carbocycles. The minimum Gasteiger partial charge on any atom is -0.234 e. The highest BCUT2D eigenvalue weighted by Crippen LogP contribution is 2.32. The van der Waals surface area contributed by atoms with Crippen molar-refractivity contribution in [2.45, 2.75) is 0 Å². The van der Waals surface area contributed by atoms with Crippen LogP contribution in [-0.2, 0) is 0 Å². The predicted molar refractivity (Wildman–Crippen MR) is 99.3 cm³/mol. The van der Waals surface area contributed by atoms with Gasteiger partial charge in [-0.1, -0.05) is 24.3 Å². The molecule has 0 saturated carbocycles. The summed E-state index contributed by atoms with van der Waals surface area (Å²) in [5.41, 5.74) is 3.66. The molecule has 0 saturated heterocycles. The summed E-state index contributed by atoms with van der Waals surface area (Å²) in [7, 11) is 0. The molecule has 0 fully saturated rings. The van der Waals surface area contributed by atoms with Crippen LogP contribution in [-0.4, -0.2) is 19.9 Å². The van der Waals surface area contributed by atoms with Crippen LogP contribution >= 0.6 is 22.7 Å². The molecule has 4 nitrogen and oxygen atoms in total. The third kappa shape index (κ3) is 2.28. The maximum absolute atomic E-state index is 4.67. The first-order chi connectivity index (χ1) is 11.9. The number of nitrogens with zero attached hydrogens (tertiary/aromatic N) is 4. The molecule has 0 aliphatic carbocycles. The zero-order valence-corrected chi connectivity index (χ0v) is 14.0. The lowest BCUT2D eigenvalue weighted by molar-refractivity contribution is 1.17. The first-order valence-electron chi connectivity index (χ1n) is 7.41. The Morgan fingerprint density at radius 1 is 0.625 bits per heavy atom. The van der Waals surface area contributed by atoms with Gasteiger partial charge in [-0.2, -0.15) is 0 Å². The third-order valence-corrected chi connectivity index (χ3v) is 5.81. The van der Waals surface area contributed by atoms with E-state index in [1.165, 1.54) is 0 Å². The number of hydrogen-bond donors (Lipinski definition) is 0. The molecule has 0 radical (unpaired) electrons. The Kier molecular flexibility index (Phi) is 3.11. The van der Waals surface area contributed by atoms with Gasteiger partial charge in [0.05, 0.1) is 20.4 Å². The molecule has 114 valence electrons. The average Bonchev–Trinajstić information content (AvgIpc) is 3.26. The normalized spacial score (nSPS) is 11.3. The Morgan fingerprint density at radius 2 is 1.12 bits per heavy atom. The number of rotatable bonds is 2. The maximum atomic E-state index is 4.67. The number of fused-ring (bicyclic) bond motifs is 2. The van der Waals surface area contributed by atoms with E-state index in [-0.39, 0.29) is 0 Å². The van der Waals surface area contributed by atoms with Gasteiger partial charge in [-0.25, -0.2) is 19.9 Å². The van der Waals surface area contributed by atoms with E-state index in [0.717, 1.165) is 41.8 Å². The van der Waals surface area contributed by atoms with Crippen LogP contribution in [0.2, 0.25) is 0 Å². The van der Waals surface area contributed by atoms with E-state index < -0.39 is 0 Å². The number of hydrogen-bond acceptors (Lipinski definition) is 6. The van der Waals surface area contributed by atoms with Crippen LogP contribution in [0.3, 0.4) is 0 Å². The van der Waals surface area contributed by atoms with Crippen molar-refractivity contribution < 1.29 is 0 Å². The van der Waals surface area contributed by atoms with E-state index in [1.807, 2.05) is 42.5 Å². The van der Waals surface area contributed by atoms with E-state index in [9.17, 15) is 0 Å². The van der Waals surface area contributed by atoms with Gasteiger partial charge in [-0.15, -0.1) is 22.7 Å². The van der Waals surface area contributed by atoms with Crippen molar-refractivity contribution in [3.05, 3.63) is 60.9 Å². The molecular weight excluding hydrogens is 336 g/mol. The Hall–Kier alpha value is -2.70. The zero-order valence-electron chi connectivity index (χ0n) is 12.4. The lowest BCUT2D eigenvalue weighted by atomic mass is 10.3. The molecule has 3 heterocycles. The molecule has 3 aromatic heterocycles. The molecule has 0 atom stereocenters. The van der Waals surface area contributed by atoms with Crippen LogP contribution in [0, 0.1) is 0 Å². The highest BCUT2D eigenvalue weighted by molar-refractivity contribution is 7.22. The van der Waals surface area contributed by atoms with Crippen molar-refractivity contribution in [1.82, 2.24) is 19.9 Å². The van der Waals surface area contributed by atoms with E-state index in [1.54, 1.807) is 29.0 Å². The van der Waals surface area contributed by atoms with Crippen molar-refractivity contribution >= 4 is 43.1 Å². The fourth-order valence-corrected chi connectivity index (χ4v) is 4.42. The van der Waals surface area contributed by atoms with E-state index in [4.69, 9.17) is 0 Å². The molecule has 0 N–H and O–H groups in total. The average molecular weight is 346 g/mol. The summed E-state index contributed by atoms with van der Waals surface area (Å²) in [6, 6.07) is 18.2. The van der Waals surface area contributed by atoms with Crippen molar-refractivity contribution in [2.75, 3.05) is 0 Å². The molecule has 0 aliphatic rings. The molecule has 5 rings (SSSR count). The quantitative estimate of drug-likeness (QED) is 0.450. The van der Waals surface area contributed by atoms with Crippen LogP contribution in [0.1, 0.15) is 0 Å². The second-order valence-corrected chi connectivity index (χ2v) is 7.32. The van der Waals surface area contributed by atoms with Gasteiger partial charge in [0.25, 0.3) is 0 Å². The molecule has 0 amide bonds. The number of benzene rings is 2. The van der Waals surface area contributed by atoms with E-state index >= 15 is 0 Å². The van der Waals surface area contributed by atoms with Gasteiger partial charge in [0, 0.05) is 0 Å². The predicted octanol–water partition coefficient (Wildman–Crippen LogP) is 5.03. The van der Waals surface area contributed by atoms with Crippen molar-refractivity contribution in [3.8, 4) is 21.4 Å². The second-order valence-electron chi connectivity index (χ2n) is 5.26. The topological polar surface area (TPSA) is 51.6 Å². The molecule has 0 unspecified atom stereocenters. The molecule has 5 aromatic rings. The summed E-state index contributed by atoms with van der Waals surface area (Å²) in [5.74, 6) is 0. The van der Waals surface area contributed by atoms with Crippen LogP contribution in [0.4, 0.5) is 0 Å². The van der Waals surface area contributed by atoms with E-state index in [0.29, 0.717) is 0 Å². The highest BCUT2D eigenvalue weighted by Gasteiger charge is 2.12. The summed E-state index contributed by atoms with van der Waals surface area (Å²) in [5, 5.41) is 1.81. The van der Waals surface area contributed by atoms with Gasteiger partial charge in [-0.3, -0.25) is 0 Å². The lowest BCUT2D eigenvalue weighted by Crippen LogP contribution is -1.88. The van der Waals surface area contributed by atoms with Crippen molar-refractivity contribution in [3.63, 3.8) is 0 Å². The Balaban J connectivity index is 1.62. The zero-order chi connectivity index (χ0) is 15.9.